The van der Waals surface area contributed by atoms with Crippen molar-refractivity contribution in [3.63, 3.8) is 0 Å². The average Bonchev–Trinajstić information content (AvgIpc) is 2.46. The minimum atomic E-state index is -0.684. The van der Waals surface area contributed by atoms with E-state index < -0.39 is 11.1 Å². The average molecular weight is 354 g/mol. The van der Waals surface area contributed by atoms with E-state index >= 15 is 0 Å². The zero-order chi connectivity index (χ0) is 17.0. The van der Waals surface area contributed by atoms with Gasteiger partial charge in [-0.15, -0.1) is 0 Å². The van der Waals surface area contributed by atoms with Crippen LogP contribution in [0.3, 0.4) is 0 Å². The van der Waals surface area contributed by atoms with E-state index in [-0.39, 0.29) is 6.04 Å². The largest absolute Gasteiger partial charge is 0.368 e. The smallest absolute Gasteiger partial charge is 0.282 e. The van der Waals surface area contributed by atoms with Crippen molar-refractivity contribution in [3.05, 3.63) is 34.4 Å². The van der Waals surface area contributed by atoms with Gasteiger partial charge in [-0.05, 0) is 37.5 Å². The van der Waals surface area contributed by atoms with Gasteiger partial charge in [0.1, 0.15) is 0 Å². The quantitative estimate of drug-likeness (QED) is 0.577. The molecule has 1 aliphatic rings. The molecule has 1 aromatic rings. The highest BCUT2D eigenvalue weighted by Crippen LogP contribution is 2.33. The number of carbonyl (C=O) groups is 2. The molecule has 5 nitrogen and oxygen atoms in total. The van der Waals surface area contributed by atoms with E-state index in [9.17, 15) is 9.59 Å². The lowest BCUT2D eigenvalue weighted by Crippen LogP contribution is -2.43. The third-order valence-electron chi connectivity index (χ3n) is 3.74. The summed E-state index contributed by atoms with van der Waals surface area (Å²) in [5, 5.41) is 2.07. The summed E-state index contributed by atoms with van der Waals surface area (Å²) in [7, 11) is 0. The number of hydrogen-bond donors (Lipinski definition) is 3. The fourth-order valence-corrected chi connectivity index (χ4v) is 3.09. The number of amides is 2. The fourth-order valence-electron chi connectivity index (χ4n) is 2.69. The second-order valence-electron chi connectivity index (χ2n) is 5.61. The number of hydrogen-bond acceptors (Lipinski definition) is 4. The number of para-hydroxylation sites is 1. The Hall–Kier alpha value is -1.50. The van der Waals surface area contributed by atoms with Gasteiger partial charge in [0.25, 0.3) is 11.1 Å². The van der Waals surface area contributed by atoms with E-state index in [0.717, 1.165) is 37.2 Å². The van der Waals surface area contributed by atoms with Crippen LogP contribution in [-0.2, 0) is 4.79 Å². The van der Waals surface area contributed by atoms with Crippen LogP contribution < -0.4 is 16.0 Å². The van der Waals surface area contributed by atoms with Crippen molar-refractivity contribution in [3.8, 4) is 0 Å². The van der Waals surface area contributed by atoms with Crippen molar-refractivity contribution in [2.75, 3.05) is 18.0 Å². The molecule has 0 bridgehead atoms. The van der Waals surface area contributed by atoms with Crippen molar-refractivity contribution in [1.82, 2.24) is 5.32 Å². The van der Waals surface area contributed by atoms with Crippen molar-refractivity contribution in [2.45, 2.75) is 25.8 Å². The van der Waals surface area contributed by atoms with E-state index in [4.69, 9.17) is 17.3 Å². The van der Waals surface area contributed by atoms with Gasteiger partial charge in [0.05, 0.1) is 10.7 Å². The van der Waals surface area contributed by atoms with Gasteiger partial charge < -0.3 is 10.6 Å². The number of imide groups is 1. The van der Waals surface area contributed by atoms with Crippen LogP contribution in [0.2, 0.25) is 5.02 Å². The molecule has 0 spiro atoms. The lowest BCUT2D eigenvalue weighted by molar-refractivity contribution is -0.116. The lowest BCUT2D eigenvalue weighted by atomic mass is 10.0. The summed E-state index contributed by atoms with van der Waals surface area (Å²) >= 11 is 9.93. The highest BCUT2D eigenvalue weighted by Gasteiger charge is 2.21. The fraction of sp³-hybridized carbons (Fsp3) is 0.375. The molecule has 1 fully saturated rings. The van der Waals surface area contributed by atoms with Crippen LogP contribution in [0.1, 0.15) is 25.3 Å². The Morgan fingerprint density at radius 1 is 1.48 bits per heavy atom. The summed E-state index contributed by atoms with van der Waals surface area (Å²) in [5.74, 6) is -0.480. The Bertz CT molecular complexity index is 648. The van der Waals surface area contributed by atoms with Gasteiger partial charge in [-0.1, -0.05) is 36.4 Å². The minimum absolute atomic E-state index is 0.114. The second kappa shape index (κ2) is 7.86. The van der Waals surface area contributed by atoms with Crippen LogP contribution in [0.4, 0.5) is 10.5 Å². The lowest BCUT2D eigenvalue weighted by Gasteiger charge is -2.34. The van der Waals surface area contributed by atoms with Crippen LogP contribution in [-0.4, -0.2) is 30.3 Å². The van der Waals surface area contributed by atoms with Gasteiger partial charge in [-0.2, -0.15) is 0 Å². The molecule has 0 aromatic heterocycles. The number of rotatable bonds is 3. The van der Waals surface area contributed by atoms with Crippen LogP contribution >= 0.6 is 24.2 Å². The van der Waals surface area contributed by atoms with Gasteiger partial charge in [0.2, 0.25) is 0 Å². The molecule has 1 unspecified atom stereocenters. The second-order valence-corrected chi connectivity index (χ2v) is 6.43. The number of nitrogens with one attached hydrogen (secondary N) is 1. The molecule has 1 saturated heterocycles. The molecule has 0 radical (unpaired) electrons. The number of nitrogens with two attached hydrogens (primary N) is 1. The normalized spacial score (nSPS) is 18.7. The molecule has 124 valence electrons. The summed E-state index contributed by atoms with van der Waals surface area (Å²) in [4.78, 5) is 24.9. The number of benzene rings is 1. The molecule has 7 heteroatoms. The number of anilines is 1. The first-order valence-electron chi connectivity index (χ1n) is 7.40. The van der Waals surface area contributed by atoms with E-state index in [0.29, 0.717) is 10.6 Å². The number of nitrogens with zero attached hydrogens (tertiary/aromatic N) is 1. The number of piperidine rings is 1. The Morgan fingerprint density at radius 3 is 2.87 bits per heavy atom. The molecule has 0 aliphatic carbocycles. The highest BCUT2D eigenvalue weighted by molar-refractivity contribution is 7.96. The first-order chi connectivity index (χ1) is 10.9. The Balaban J connectivity index is 2.34. The molecule has 3 N–H and O–H groups in total. The molecule has 0 saturated carbocycles. The van der Waals surface area contributed by atoms with Gasteiger partial charge in [0.15, 0.2) is 0 Å². The van der Waals surface area contributed by atoms with Crippen molar-refractivity contribution in [2.24, 2.45) is 5.73 Å². The summed E-state index contributed by atoms with van der Waals surface area (Å²) in [6.07, 6.45) is 3.72. The predicted molar refractivity (Wildman–Crippen MR) is 97.1 cm³/mol. The maximum atomic E-state index is 11.9. The predicted octanol–water partition coefficient (Wildman–Crippen LogP) is 2.84. The summed E-state index contributed by atoms with van der Waals surface area (Å²) in [6, 6.07) is 5.65. The molecule has 2 amide bonds. The van der Waals surface area contributed by atoms with Crippen molar-refractivity contribution in [1.29, 1.82) is 0 Å². The van der Waals surface area contributed by atoms with Gasteiger partial charge in [0, 0.05) is 24.7 Å². The molecule has 1 heterocycles. The zero-order valence-electron chi connectivity index (χ0n) is 12.9. The van der Waals surface area contributed by atoms with E-state index in [1.807, 2.05) is 18.2 Å². The standard InChI is InChI=1S/C16H20ClN3O2S/c1-10(15(21)19-16(22)23)8-11-4-2-6-13(17)14(11)20-7-3-5-12(18)9-20/h2,4,6,8,12H,3,5,7,9,18H2,1H3,(H2,19,21,22,23)/b10-8+. The van der Waals surface area contributed by atoms with E-state index in [1.165, 1.54) is 0 Å². The third kappa shape index (κ3) is 4.73. The third-order valence-corrected chi connectivity index (χ3v) is 4.16. The number of halogens is 1. The number of carbonyl (C=O) groups excluding carboxylic acids is 2. The maximum Gasteiger partial charge on any atom is 0.282 e. The van der Waals surface area contributed by atoms with Gasteiger partial charge in [-0.3, -0.25) is 14.9 Å². The first kappa shape index (κ1) is 17.8. The van der Waals surface area contributed by atoms with Gasteiger partial charge >= 0.3 is 0 Å². The van der Waals surface area contributed by atoms with Crippen LogP contribution in [0, 0.1) is 0 Å². The summed E-state index contributed by atoms with van der Waals surface area (Å²) in [5.41, 5.74) is 8.15. The molecule has 1 atom stereocenters. The molecule has 23 heavy (non-hydrogen) atoms. The molecule has 2 rings (SSSR count). The molecule has 1 aromatic carbocycles. The summed E-state index contributed by atoms with van der Waals surface area (Å²) < 4.78 is 0. The van der Waals surface area contributed by atoms with Crippen molar-refractivity contribution < 1.29 is 9.59 Å². The maximum absolute atomic E-state index is 11.9. The van der Waals surface area contributed by atoms with Crippen molar-refractivity contribution >= 4 is 47.1 Å². The monoisotopic (exact) mass is 353 g/mol. The van der Waals surface area contributed by atoms with E-state index in [1.54, 1.807) is 13.0 Å². The summed E-state index contributed by atoms with van der Waals surface area (Å²) in [6.45, 7) is 3.24. The van der Waals surface area contributed by atoms with E-state index in [2.05, 4.69) is 22.8 Å². The van der Waals surface area contributed by atoms with Gasteiger partial charge in [-0.25, -0.2) is 0 Å². The van der Waals surface area contributed by atoms with Crippen LogP contribution in [0.5, 0.6) is 0 Å². The molecule has 1 aliphatic heterocycles. The Morgan fingerprint density at radius 2 is 2.22 bits per heavy atom. The minimum Gasteiger partial charge on any atom is -0.368 e. The zero-order valence-corrected chi connectivity index (χ0v) is 14.5. The topological polar surface area (TPSA) is 75.4 Å². The Labute approximate surface area is 146 Å². The van der Waals surface area contributed by atoms with Crippen LogP contribution in [0.25, 0.3) is 6.08 Å². The SMILES string of the molecule is C/C(=C\c1cccc(Cl)c1N1CCCC(N)C1)C(=O)NC(=O)S. The first-order valence-corrected chi connectivity index (χ1v) is 8.22. The molecular weight excluding hydrogens is 334 g/mol. The van der Waals surface area contributed by atoms with Crippen LogP contribution in [0.15, 0.2) is 23.8 Å². The highest BCUT2D eigenvalue weighted by atomic mass is 35.5. The number of thiol groups is 1. The Kier molecular flexibility index (Phi) is 6.10. The molecular formula is C16H20ClN3O2S.